The molecule has 0 atom stereocenters. The van der Waals surface area contributed by atoms with Crippen LogP contribution >= 0.6 is 0 Å². The predicted molar refractivity (Wildman–Crippen MR) is 184 cm³/mol. The van der Waals surface area contributed by atoms with Crippen LogP contribution in [0.3, 0.4) is 0 Å². The van der Waals surface area contributed by atoms with Crippen molar-refractivity contribution in [1.29, 1.82) is 0 Å². The van der Waals surface area contributed by atoms with Crippen molar-refractivity contribution in [3.63, 3.8) is 0 Å². The van der Waals surface area contributed by atoms with E-state index in [1.807, 2.05) is 0 Å². The molecule has 3 aliphatic heterocycles. The highest BCUT2D eigenvalue weighted by Crippen LogP contribution is 2.54. The molecule has 6 aromatic carbocycles. The fourth-order valence-corrected chi connectivity index (χ4v) is 8.26. The maximum atomic E-state index is 6.43. The minimum absolute atomic E-state index is 0.0969. The molecular weight excluding hydrogens is 548 g/mol. The molecule has 3 heteroatoms. The standard InChI is InChI=1S/C42H34N2O/c1-43-35-21-7-3-15-29(35)41(30-16-4-8-22-36(30)43)33-19-11-13-27-25-45-26-28-14-12-20-34(40(28)39(27)33)42-31-17-5-9-23-37(31)44(2)38-24-10-6-18-32(38)42/h3-24,41-42H,25-26H2,1-2H3. The van der Waals surface area contributed by atoms with Crippen LogP contribution in [0, 0.1) is 0 Å². The first kappa shape index (κ1) is 26.3. The van der Waals surface area contributed by atoms with Crippen LogP contribution in [0.4, 0.5) is 22.7 Å². The first-order chi connectivity index (χ1) is 22.2. The Bertz CT molecular complexity index is 1870. The summed E-state index contributed by atoms with van der Waals surface area (Å²) in [6, 6.07) is 49.4. The lowest BCUT2D eigenvalue weighted by Gasteiger charge is -2.38. The largest absolute Gasteiger partial charge is 0.372 e. The van der Waals surface area contributed by atoms with Crippen molar-refractivity contribution < 1.29 is 4.74 Å². The molecule has 0 aromatic heterocycles. The number of benzene rings is 6. The molecule has 0 saturated carbocycles. The van der Waals surface area contributed by atoms with E-state index in [1.54, 1.807) is 0 Å². The average molecular weight is 583 g/mol. The van der Waals surface area contributed by atoms with Gasteiger partial charge in [0.15, 0.2) is 0 Å². The van der Waals surface area contributed by atoms with Crippen LogP contribution < -0.4 is 9.80 Å². The minimum atomic E-state index is 0.0969. The molecule has 0 aliphatic carbocycles. The summed E-state index contributed by atoms with van der Waals surface area (Å²) in [5, 5.41) is 0. The SMILES string of the molecule is CN1c2ccccc2C(c2cccc3c2-c2c(cccc2C2c4ccccc4N(C)c4ccccc42)COC3)c2ccccc21. The van der Waals surface area contributed by atoms with Gasteiger partial charge in [0.2, 0.25) is 0 Å². The van der Waals surface area contributed by atoms with Crippen molar-refractivity contribution in [2.24, 2.45) is 0 Å². The van der Waals surface area contributed by atoms with E-state index in [2.05, 4.69) is 157 Å². The molecule has 3 aliphatic rings. The highest BCUT2D eigenvalue weighted by atomic mass is 16.5. The molecule has 218 valence electrons. The van der Waals surface area contributed by atoms with Gasteiger partial charge in [-0.1, -0.05) is 109 Å². The number of nitrogens with zero attached hydrogens (tertiary/aromatic N) is 2. The fourth-order valence-electron chi connectivity index (χ4n) is 8.26. The zero-order valence-corrected chi connectivity index (χ0v) is 25.6. The van der Waals surface area contributed by atoms with E-state index < -0.39 is 0 Å². The van der Waals surface area contributed by atoms with Crippen molar-refractivity contribution in [2.45, 2.75) is 25.0 Å². The van der Waals surface area contributed by atoms with E-state index in [1.165, 1.54) is 78.4 Å². The first-order valence-corrected chi connectivity index (χ1v) is 15.9. The lowest BCUT2D eigenvalue weighted by molar-refractivity contribution is 0.110. The molecule has 3 heterocycles. The number of anilines is 4. The molecule has 45 heavy (non-hydrogen) atoms. The van der Waals surface area contributed by atoms with Crippen LogP contribution in [0.1, 0.15) is 56.3 Å². The number of hydrogen-bond donors (Lipinski definition) is 0. The molecule has 0 saturated heterocycles. The molecule has 0 radical (unpaired) electrons. The van der Waals surface area contributed by atoms with E-state index >= 15 is 0 Å². The van der Waals surface area contributed by atoms with Gasteiger partial charge in [0.25, 0.3) is 0 Å². The Morgan fingerprint density at radius 2 is 0.711 bits per heavy atom. The smallest absolute Gasteiger partial charge is 0.0727 e. The zero-order valence-electron chi connectivity index (χ0n) is 25.6. The molecular formula is C42H34N2O. The van der Waals surface area contributed by atoms with Gasteiger partial charge in [0, 0.05) is 48.7 Å². The molecule has 0 spiro atoms. The summed E-state index contributed by atoms with van der Waals surface area (Å²) < 4.78 is 6.43. The molecule has 6 aromatic rings. The summed E-state index contributed by atoms with van der Waals surface area (Å²) >= 11 is 0. The molecule has 0 bridgehead atoms. The Morgan fingerprint density at radius 3 is 1.07 bits per heavy atom. The normalized spacial score (nSPS) is 15.2. The third-order valence-electron chi connectivity index (χ3n) is 10.2. The summed E-state index contributed by atoms with van der Waals surface area (Å²) in [5.74, 6) is 0.194. The number of hydrogen-bond acceptors (Lipinski definition) is 3. The molecule has 0 N–H and O–H groups in total. The van der Waals surface area contributed by atoms with Crippen molar-refractivity contribution in [3.8, 4) is 11.1 Å². The third-order valence-corrected chi connectivity index (χ3v) is 10.2. The second-order valence-electron chi connectivity index (χ2n) is 12.5. The Hall–Kier alpha value is -5.12. The summed E-state index contributed by atoms with van der Waals surface area (Å²) in [5.41, 5.74) is 18.2. The molecule has 3 nitrogen and oxygen atoms in total. The van der Waals surface area contributed by atoms with Gasteiger partial charge < -0.3 is 14.5 Å². The Labute approximate surface area is 265 Å². The van der Waals surface area contributed by atoms with E-state index in [4.69, 9.17) is 4.74 Å². The molecule has 0 amide bonds. The number of fused-ring (bicyclic) bond motifs is 7. The molecule has 9 rings (SSSR count). The second-order valence-corrected chi connectivity index (χ2v) is 12.5. The number of ether oxygens (including phenoxy) is 1. The van der Waals surface area contributed by atoms with Crippen LogP contribution in [-0.2, 0) is 18.0 Å². The van der Waals surface area contributed by atoms with Gasteiger partial charge in [-0.05, 0) is 79.9 Å². The minimum Gasteiger partial charge on any atom is -0.372 e. The Balaban J connectivity index is 1.35. The monoisotopic (exact) mass is 582 g/mol. The summed E-state index contributed by atoms with van der Waals surface area (Å²) in [4.78, 5) is 4.69. The summed E-state index contributed by atoms with van der Waals surface area (Å²) in [6.45, 7) is 1.18. The van der Waals surface area contributed by atoms with Gasteiger partial charge in [-0.3, -0.25) is 0 Å². The van der Waals surface area contributed by atoms with E-state index in [9.17, 15) is 0 Å². The number of para-hydroxylation sites is 4. The van der Waals surface area contributed by atoms with Gasteiger partial charge in [0.1, 0.15) is 0 Å². The van der Waals surface area contributed by atoms with Gasteiger partial charge in [0.05, 0.1) is 13.2 Å². The topological polar surface area (TPSA) is 15.7 Å². The van der Waals surface area contributed by atoms with Crippen molar-refractivity contribution in [3.05, 3.63) is 178 Å². The quantitative estimate of drug-likeness (QED) is 0.202. The second kappa shape index (κ2) is 10.2. The summed E-state index contributed by atoms with van der Waals surface area (Å²) in [6.07, 6.45) is 0. The summed E-state index contributed by atoms with van der Waals surface area (Å²) in [7, 11) is 4.38. The first-order valence-electron chi connectivity index (χ1n) is 15.9. The van der Waals surface area contributed by atoms with Crippen LogP contribution in [0.15, 0.2) is 133 Å². The fraction of sp³-hybridized carbons (Fsp3) is 0.143. The van der Waals surface area contributed by atoms with Gasteiger partial charge >= 0.3 is 0 Å². The van der Waals surface area contributed by atoms with Crippen LogP contribution in [0.5, 0.6) is 0 Å². The lowest BCUT2D eigenvalue weighted by atomic mass is 9.73. The highest BCUT2D eigenvalue weighted by Gasteiger charge is 2.36. The van der Waals surface area contributed by atoms with Crippen molar-refractivity contribution >= 4 is 22.7 Å². The molecule has 0 fully saturated rings. The van der Waals surface area contributed by atoms with E-state index in [0.29, 0.717) is 13.2 Å². The number of rotatable bonds is 2. The lowest BCUT2D eigenvalue weighted by Crippen LogP contribution is -2.23. The third kappa shape index (κ3) is 3.87. The zero-order chi connectivity index (χ0) is 30.1. The van der Waals surface area contributed by atoms with E-state index in [0.717, 1.165) is 0 Å². The predicted octanol–water partition coefficient (Wildman–Crippen LogP) is 9.91. The maximum absolute atomic E-state index is 6.43. The van der Waals surface area contributed by atoms with Gasteiger partial charge in [-0.2, -0.15) is 0 Å². The van der Waals surface area contributed by atoms with Gasteiger partial charge in [-0.25, -0.2) is 0 Å². The van der Waals surface area contributed by atoms with E-state index in [-0.39, 0.29) is 11.8 Å². The Morgan fingerprint density at radius 1 is 0.400 bits per heavy atom. The van der Waals surface area contributed by atoms with Crippen LogP contribution in [-0.4, -0.2) is 14.1 Å². The average Bonchev–Trinajstić information content (AvgIpc) is 3.29. The Kier molecular flexibility index (Phi) is 5.97. The van der Waals surface area contributed by atoms with Gasteiger partial charge in [-0.15, -0.1) is 0 Å². The molecule has 0 unspecified atom stereocenters. The van der Waals surface area contributed by atoms with Crippen molar-refractivity contribution in [2.75, 3.05) is 23.9 Å². The van der Waals surface area contributed by atoms with Crippen molar-refractivity contribution in [1.82, 2.24) is 0 Å². The maximum Gasteiger partial charge on any atom is 0.0727 e. The van der Waals surface area contributed by atoms with Crippen LogP contribution in [0.25, 0.3) is 11.1 Å². The van der Waals surface area contributed by atoms with Crippen LogP contribution in [0.2, 0.25) is 0 Å². The highest BCUT2D eigenvalue weighted by molar-refractivity contribution is 5.86.